The van der Waals surface area contributed by atoms with E-state index in [1.807, 2.05) is 49.3 Å². The number of amides is 1. The molecular formula is C21H25FN2O. The molecule has 1 N–H and O–H groups in total. The quantitative estimate of drug-likeness (QED) is 0.891. The molecule has 0 heterocycles. The Kier molecular flexibility index (Phi) is 5.07. The van der Waals surface area contributed by atoms with Crippen LogP contribution in [0.25, 0.3) is 0 Å². The third-order valence-electron chi connectivity index (χ3n) is 5.17. The highest BCUT2D eigenvalue weighted by Crippen LogP contribution is 2.41. The molecule has 1 fully saturated rings. The van der Waals surface area contributed by atoms with Gasteiger partial charge >= 0.3 is 0 Å². The largest absolute Gasteiger partial charge is 0.378 e. The smallest absolute Gasteiger partial charge is 0.230 e. The number of hydrogen-bond donors (Lipinski definition) is 1. The SMILES string of the molecule is CN(C)c1ccc(CNC(=O)C2(c3cccc(F)c3)CCCC2)cc1. The number of nitrogens with zero attached hydrogens (tertiary/aromatic N) is 1. The van der Waals surface area contributed by atoms with Gasteiger partial charge in [-0.15, -0.1) is 0 Å². The Morgan fingerprint density at radius 1 is 1.12 bits per heavy atom. The van der Waals surface area contributed by atoms with Crippen molar-refractivity contribution in [2.75, 3.05) is 19.0 Å². The first-order chi connectivity index (χ1) is 12.0. The van der Waals surface area contributed by atoms with Gasteiger partial charge in [0.15, 0.2) is 0 Å². The highest BCUT2D eigenvalue weighted by molar-refractivity contribution is 5.88. The monoisotopic (exact) mass is 340 g/mol. The summed E-state index contributed by atoms with van der Waals surface area (Å²) in [4.78, 5) is 15.0. The average molecular weight is 340 g/mol. The molecule has 0 aliphatic heterocycles. The van der Waals surface area contributed by atoms with Gasteiger partial charge in [-0.2, -0.15) is 0 Å². The zero-order chi connectivity index (χ0) is 17.9. The molecule has 0 atom stereocenters. The van der Waals surface area contributed by atoms with Crippen molar-refractivity contribution >= 4 is 11.6 Å². The fraction of sp³-hybridized carbons (Fsp3) is 0.381. The van der Waals surface area contributed by atoms with Crippen LogP contribution in [0, 0.1) is 5.82 Å². The van der Waals surface area contributed by atoms with Crippen molar-refractivity contribution in [1.82, 2.24) is 5.32 Å². The van der Waals surface area contributed by atoms with E-state index < -0.39 is 5.41 Å². The van der Waals surface area contributed by atoms with Crippen LogP contribution in [0.3, 0.4) is 0 Å². The summed E-state index contributed by atoms with van der Waals surface area (Å²) in [5.74, 6) is -0.275. The third kappa shape index (κ3) is 3.68. The number of rotatable bonds is 5. The van der Waals surface area contributed by atoms with Gasteiger partial charge in [0.2, 0.25) is 5.91 Å². The average Bonchev–Trinajstić information content (AvgIpc) is 3.11. The first-order valence-electron chi connectivity index (χ1n) is 8.82. The summed E-state index contributed by atoms with van der Waals surface area (Å²) < 4.78 is 13.7. The molecule has 0 unspecified atom stereocenters. The molecule has 0 bridgehead atoms. The predicted octanol–water partition coefficient (Wildman–Crippen LogP) is 4.02. The van der Waals surface area contributed by atoms with Crippen LogP contribution in [-0.4, -0.2) is 20.0 Å². The summed E-state index contributed by atoms with van der Waals surface area (Å²) >= 11 is 0. The summed E-state index contributed by atoms with van der Waals surface area (Å²) in [6.07, 6.45) is 3.56. The second-order valence-electron chi connectivity index (χ2n) is 7.04. The van der Waals surface area contributed by atoms with Crippen LogP contribution in [0.1, 0.15) is 36.8 Å². The molecule has 4 heteroatoms. The molecule has 0 spiro atoms. The minimum absolute atomic E-state index is 0.00675. The zero-order valence-electron chi connectivity index (χ0n) is 14.9. The van der Waals surface area contributed by atoms with Gasteiger partial charge < -0.3 is 10.2 Å². The first kappa shape index (κ1) is 17.5. The molecule has 132 valence electrons. The van der Waals surface area contributed by atoms with Crippen molar-refractivity contribution in [3.63, 3.8) is 0 Å². The van der Waals surface area contributed by atoms with E-state index in [1.165, 1.54) is 12.1 Å². The Morgan fingerprint density at radius 3 is 2.40 bits per heavy atom. The lowest BCUT2D eigenvalue weighted by molar-refractivity contribution is -0.126. The Labute approximate surface area is 148 Å². The van der Waals surface area contributed by atoms with E-state index in [0.717, 1.165) is 42.5 Å². The molecular weight excluding hydrogens is 315 g/mol. The number of carbonyl (C=O) groups excluding carboxylic acids is 1. The van der Waals surface area contributed by atoms with Crippen LogP contribution < -0.4 is 10.2 Å². The van der Waals surface area contributed by atoms with Gasteiger partial charge in [0.05, 0.1) is 5.41 Å². The van der Waals surface area contributed by atoms with E-state index in [2.05, 4.69) is 5.32 Å². The highest BCUT2D eigenvalue weighted by atomic mass is 19.1. The van der Waals surface area contributed by atoms with Crippen molar-refractivity contribution in [2.45, 2.75) is 37.6 Å². The number of halogens is 1. The second kappa shape index (κ2) is 7.26. The van der Waals surface area contributed by atoms with E-state index in [-0.39, 0.29) is 11.7 Å². The molecule has 2 aromatic carbocycles. The van der Waals surface area contributed by atoms with Crippen molar-refractivity contribution in [2.24, 2.45) is 0 Å². The van der Waals surface area contributed by atoms with E-state index in [9.17, 15) is 9.18 Å². The minimum atomic E-state index is -0.592. The van der Waals surface area contributed by atoms with E-state index >= 15 is 0 Å². The molecule has 2 aromatic rings. The zero-order valence-corrected chi connectivity index (χ0v) is 14.9. The number of hydrogen-bond acceptors (Lipinski definition) is 2. The fourth-order valence-corrected chi connectivity index (χ4v) is 3.68. The lowest BCUT2D eigenvalue weighted by Crippen LogP contribution is -2.42. The molecule has 3 nitrogen and oxygen atoms in total. The van der Waals surface area contributed by atoms with Crippen molar-refractivity contribution in [1.29, 1.82) is 0 Å². The Balaban J connectivity index is 1.73. The van der Waals surface area contributed by atoms with Crippen LogP contribution in [0.2, 0.25) is 0 Å². The first-order valence-corrected chi connectivity index (χ1v) is 8.82. The lowest BCUT2D eigenvalue weighted by atomic mass is 9.78. The summed E-state index contributed by atoms with van der Waals surface area (Å²) in [7, 11) is 4.00. The number of nitrogens with one attached hydrogen (secondary N) is 1. The molecule has 1 aliphatic rings. The second-order valence-corrected chi connectivity index (χ2v) is 7.04. The summed E-state index contributed by atoms with van der Waals surface area (Å²) in [5, 5.41) is 3.07. The molecule has 25 heavy (non-hydrogen) atoms. The van der Waals surface area contributed by atoms with Crippen LogP contribution in [0.4, 0.5) is 10.1 Å². The number of anilines is 1. The van der Waals surface area contributed by atoms with Gasteiger partial charge in [-0.3, -0.25) is 4.79 Å². The van der Waals surface area contributed by atoms with Crippen LogP contribution in [0.15, 0.2) is 48.5 Å². The van der Waals surface area contributed by atoms with Gasteiger partial charge in [-0.05, 0) is 48.2 Å². The summed E-state index contributed by atoms with van der Waals surface area (Å²) in [6.45, 7) is 0.490. The fourth-order valence-electron chi connectivity index (χ4n) is 3.68. The molecule has 0 saturated heterocycles. The number of benzene rings is 2. The maximum absolute atomic E-state index is 13.7. The van der Waals surface area contributed by atoms with Crippen LogP contribution in [0.5, 0.6) is 0 Å². The molecule has 0 radical (unpaired) electrons. The molecule has 0 aromatic heterocycles. The highest BCUT2D eigenvalue weighted by Gasteiger charge is 2.42. The van der Waals surface area contributed by atoms with Gasteiger partial charge in [-0.1, -0.05) is 37.1 Å². The predicted molar refractivity (Wildman–Crippen MR) is 99.2 cm³/mol. The van der Waals surface area contributed by atoms with Gasteiger partial charge in [-0.25, -0.2) is 4.39 Å². The standard InChI is InChI=1S/C21H25FN2O/c1-24(2)19-10-8-16(9-11-19)15-23-20(25)21(12-3-4-13-21)17-6-5-7-18(22)14-17/h5-11,14H,3-4,12-13,15H2,1-2H3,(H,23,25). The lowest BCUT2D eigenvalue weighted by Gasteiger charge is -2.28. The van der Waals surface area contributed by atoms with Crippen LogP contribution >= 0.6 is 0 Å². The Bertz CT molecular complexity index is 734. The van der Waals surface area contributed by atoms with Crippen molar-refractivity contribution in [3.8, 4) is 0 Å². The summed E-state index contributed by atoms with van der Waals surface area (Å²) in [6, 6.07) is 14.6. The van der Waals surface area contributed by atoms with Gasteiger partial charge in [0, 0.05) is 26.3 Å². The van der Waals surface area contributed by atoms with E-state index in [4.69, 9.17) is 0 Å². The molecule has 1 amide bonds. The van der Waals surface area contributed by atoms with Crippen LogP contribution in [-0.2, 0) is 16.8 Å². The normalized spacial score (nSPS) is 15.8. The molecule has 3 rings (SSSR count). The van der Waals surface area contributed by atoms with E-state index in [0.29, 0.717) is 6.54 Å². The van der Waals surface area contributed by atoms with Crippen molar-refractivity contribution in [3.05, 3.63) is 65.5 Å². The third-order valence-corrected chi connectivity index (χ3v) is 5.17. The maximum atomic E-state index is 13.7. The Morgan fingerprint density at radius 2 is 1.80 bits per heavy atom. The van der Waals surface area contributed by atoms with Gasteiger partial charge in [0.1, 0.15) is 5.82 Å². The summed E-state index contributed by atoms with van der Waals surface area (Å²) in [5.41, 5.74) is 2.39. The molecule has 1 aliphatic carbocycles. The molecule has 1 saturated carbocycles. The van der Waals surface area contributed by atoms with E-state index in [1.54, 1.807) is 6.07 Å². The maximum Gasteiger partial charge on any atom is 0.230 e. The topological polar surface area (TPSA) is 32.3 Å². The van der Waals surface area contributed by atoms with Crippen molar-refractivity contribution < 1.29 is 9.18 Å². The minimum Gasteiger partial charge on any atom is -0.378 e. The Hall–Kier alpha value is -2.36. The van der Waals surface area contributed by atoms with Gasteiger partial charge in [0.25, 0.3) is 0 Å². The number of carbonyl (C=O) groups is 1.